The van der Waals surface area contributed by atoms with Crippen molar-refractivity contribution in [1.29, 1.82) is 0 Å². The van der Waals surface area contributed by atoms with Crippen LogP contribution in [0.1, 0.15) is 25.2 Å². The van der Waals surface area contributed by atoms with Crippen molar-refractivity contribution in [2.45, 2.75) is 20.4 Å². The molecule has 1 N–H and O–H groups in total. The molecule has 0 bridgehead atoms. The van der Waals surface area contributed by atoms with E-state index in [-0.39, 0.29) is 5.75 Å². The Kier molecular flexibility index (Phi) is 7.67. The Balaban J connectivity index is 1.91. The van der Waals surface area contributed by atoms with Crippen LogP contribution in [0.3, 0.4) is 0 Å². The summed E-state index contributed by atoms with van der Waals surface area (Å²) in [6.07, 6.45) is 3.79. The zero-order chi connectivity index (χ0) is 22.2. The maximum Gasteiger partial charge on any atom is 0.174 e. The third kappa shape index (κ3) is 5.44. The number of methoxy groups -OCH3 is 2. The fourth-order valence-corrected chi connectivity index (χ4v) is 3.35. The highest BCUT2D eigenvalue weighted by molar-refractivity contribution is 5.70. The summed E-state index contributed by atoms with van der Waals surface area (Å²) in [5.41, 5.74) is 1.61. The largest absolute Gasteiger partial charge is 0.507 e. The van der Waals surface area contributed by atoms with Gasteiger partial charge in [0.15, 0.2) is 23.1 Å². The molecule has 164 valence electrons. The molecule has 3 rings (SSSR count). The molecule has 0 fully saturated rings. The molecular weight excluding hydrogens is 392 g/mol. The molecule has 3 aromatic rings. The van der Waals surface area contributed by atoms with Gasteiger partial charge in [0.25, 0.3) is 0 Å². The standard InChI is InChI=1S/C24H30N4O3/c1-5-27(6-2)15-16-28-24(19-9-7-8-10-20(19)29)25-23(26-28)14-12-18-11-13-21(30-3)22(17-18)31-4/h7-14,17,29H,5-6,15-16H2,1-4H3/b14-12+. The Hall–Kier alpha value is -3.32. The van der Waals surface area contributed by atoms with Crippen LogP contribution >= 0.6 is 0 Å². The molecular formula is C24H30N4O3. The summed E-state index contributed by atoms with van der Waals surface area (Å²) in [5, 5.41) is 15.0. The molecule has 0 saturated heterocycles. The minimum absolute atomic E-state index is 0.189. The van der Waals surface area contributed by atoms with E-state index in [4.69, 9.17) is 14.5 Å². The minimum atomic E-state index is 0.189. The van der Waals surface area contributed by atoms with Gasteiger partial charge in [-0.3, -0.25) is 0 Å². The fraction of sp³-hybridized carbons (Fsp3) is 0.333. The lowest BCUT2D eigenvalue weighted by molar-refractivity contribution is 0.286. The van der Waals surface area contributed by atoms with E-state index in [2.05, 4.69) is 23.8 Å². The quantitative estimate of drug-likeness (QED) is 0.528. The summed E-state index contributed by atoms with van der Waals surface area (Å²) in [6, 6.07) is 12.9. The topological polar surface area (TPSA) is 72.6 Å². The van der Waals surface area contributed by atoms with Gasteiger partial charge in [-0.1, -0.05) is 38.1 Å². The molecule has 0 atom stereocenters. The van der Waals surface area contributed by atoms with Crippen molar-refractivity contribution in [3.05, 3.63) is 53.9 Å². The molecule has 0 aliphatic carbocycles. The Labute approximate surface area is 183 Å². The van der Waals surface area contributed by atoms with Crippen LogP contribution < -0.4 is 9.47 Å². The van der Waals surface area contributed by atoms with E-state index in [1.54, 1.807) is 26.4 Å². The number of hydrogen-bond acceptors (Lipinski definition) is 6. The van der Waals surface area contributed by atoms with Crippen LogP contribution in [-0.2, 0) is 6.54 Å². The molecule has 7 heteroatoms. The van der Waals surface area contributed by atoms with Gasteiger partial charge in [-0.05, 0) is 49.0 Å². The summed E-state index contributed by atoms with van der Waals surface area (Å²) in [6.45, 7) is 7.78. The molecule has 0 amide bonds. The fourth-order valence-electron chi connectivity index (χ4n) is 3.35. The van der Waals surface area contributed by atoms with E-state index in [1.807, 2.05) is 47.2 Å². The molecule has 0 aliphatic rings. The van der Waals surface area contributed by atoms with Gasteiger partial charge in [0, 0.05) is 6.54 Å². The number of phenolic OH excluding ortho intramolecular Hbond substituents is 1. The van der Waals surface area contributed by atoms with Crippen molar-refractivity contribution in [1.82, 2.24) is 19.7 Å². The predicted octanol–water partition coefficient (Wildman–Crippen LogP) is 4.18. The van der Waals surface area contributed by atoms with Crippen LogP contribution in [-0.4, -0.2) is 58.6 Å². The lowest BCUT2D eigenvalue weighted by atomic mass is 10.2. The summed E-state index contributed by atoms with van der Waals surface area (Å²) in [7, 11) is 3.23. The van der Waals surface area contributed by atoms with Gasteiger partial charge in [-0.15, -0.1) is 0 Å². The minimum Gasteiger partial charge on any atom is -0.507 e. The predicted molar refractivity (Wildman–Crippen MR) is 123 cm³/mol. The van der Waals surface area contributed by atoms with E-state index < -0.39 is 0 Å². The average Bonchev–Trinajstić information content (AvgIpc) is 3.21. The highest BCUT2D eigenvalue weighted by Crippen LogP contribution is 2.29. The monoisotopic (exact) mass is 422 g/mol. The molecule has 0 spiro atoms. The third-order valence-electron chi connectivity index (χ3n) is 5.19. The van der Waals surface area contributed by atoms with E-state index in [0.717, 1.165) is 25.2 Å². The zero-order valence-corrected chi connectivity index (χ0v) is 18.6. The number of phenols is 1. The van der Waals surface area contributed by atoms with E-state index >= 15 is 0 Å². The second kappa shape index (κ2) is 10.6. The van der Waals surface area contributed by atoms with Crippen molar-refractivity contribution in [3.8, 4) is 28.6 Å². The second-order valence-corrected chi connectivity index (χ2v) is 7.01. The van der Waals surface area contributed by atoms with Gasteiger partial charge in [0.05, 0.1) is 26.3 Å². The Morgan fingerprint density at radius 3 is 2.42 bits per heavy atom. The maximum absolute atomic E-state index is 10.3. The van der Waals surface area contributed by atoms with Crippen molar-refractivity contribution in [2.24, 2.45) is 0 Å². The number of para-hydroxylation sites is 1. The SMILES string of the molecule is CCN(CC)CCn1nc(/C=C/c2ccc(OC)c(OC)c2)nc1-c1ccccc1O. The first-order chi connectivity index (χ1) is 15.1. The number of likely N-dealkylation sites (N-methyl/N-ethyl adjacent to an activating group) is 1. The molecule has 1 heterocycles. The zero-order valence-electron chi connectivity index (χ0n) is 18.6. The molecule has 0 saturated carbocycles. The average molecular weight is 423 g/mol. The van der Waals surface area contributed by atoms with Gasteiger partial charge in [0.2, 0.25) is 0 Å². The first-order valence-electron chi connectivity index (χ1n) is 10.4. The van der Waals surface area contributed by atoms with Crippen LogP contribution in [0, 0.1) is 0 Å². The van der Waals surface area contributed by atoms with Gasteiger partial charge in [-0.25, -0.2) is 9.67 Å². The summed E-state index contributed by atoms with van der Waals surface area (Å²) < 4.78 is 12.5. The van der Waals surface area contributed by atoms with E-state index in [9.17, 15) is 5.11 Å². The maximum atomic E-state index is 10.3. The van der Waals surface area contributed by atoms with Crippen LogP contribution in [0.5, 0.6) is 17.2 Å². The van der Waals surface area contributed by atoms with E-state index in [1.165, 1.54) is 0 Å². The Morgan fingerprint density at radius 1 is 1.00 bits per heavy atom. The van der Waals surface area contributed by atoms with Crippen molar-refractivity contribution >= 4 is 12.2 Å². The van der Waals surface area contributed by atoms with Gasteiger partial charge < -0.3 is 19.5 Å². The summed E-state index contributed by atoms with van der Waals surface area (Å²) in [5.74, 6) is 2.76. The molecule has 0 unspecified atom stereocenters. The van der Waals surface area contributed by atoms with Crippen LogP contribution in [0.15, 0.2) is 42.5 Å². The van der Waals surface area contributed by atoms with Crippen LogP contribution in [0.4, 0.5) is 0 Å². The summed E-state index contributed by atoms with van der Waals surface area (Å²) >= 11 is 0. The molecule has 7 nitrogen and oxygen atoms in total. The first kappa shape index (κ1) is 22.4. The molecule has 31 heavy (non-hydrogen) atoms. The van der Waals surface area contributed by atoms with E-state index in [0.29, 0.717) is 35.3 Å². The third-order valence-corrected chi connectivity index (χ3v) is 5.19. The number of rotatable bonds is 10. The number of ether oxygens (including phenoxy) is 2. The normalized spacial score (nSPS) is 11.4. The van der Waals surface area contributed by atoms with Crippen LogP contribution in [0.2, 0.25) is 0 Å². The highest BCUT2D eigenvalue weighted by Gasteiger charge is 2.15. The summed E-state index contributed by atoms with van der Waals surface area (Å²) in [4.78, 5) is 7.02. The lowest BCUT2D eigenvalue weighted by Crippen LogP contribution is -2.27. The molecule has 1 aromatic heterocycles. The number of aromatic nitrogens is 3. The Morgan fingerprint density at radius 2 is 1.74 bits per heavy atom. The molecule has 2 aromatic carbocycles. The van der Waals surface area contributed by atoms with Crippen LogP contribution in [0.25, 0.3) is 23.5 Å². The van der Waals surface area contributed by atoms with Crippen molar-refractivity contribution in [3.63, 3.8) is 0 Å². The van der Waals surface area contributed by atoms with Gasteiger partial charge in [-0.2, -0.15) is 5.10 Å². The van der Waals surface area contributed by atoms with Crippen molar-refractivity contribution in [2.75, 3.05) is 33.9 Å². The second-order valence-electron chi connectivity index (χ2n) is 7.01. The lowest BCUT2D eigenvalue weighted by Gasteiger charge is -2.18. The Bertz CT molecular complexity index is 1030. The smallest absolute Gasteiger partial charge is 0.174 e. The molecule has 0 aliphatic heterocycles. The highest BCUT2D eigenvalue weighted by atomic mass is 16.5. The number of benzene rings is 2. The first-order valence-corrected chi connectivity index (χ1v) is 10.4. The van der Waals surface area contributed by atoms with Gasteiger partial charge in [0.1, 0.15) is 5.75 Å². The van der Waals surface area contributed by atoms with Gasteiger partial charge >= 0.3 is 0 Å². The number of hydrogen-bond donors (Lipinski definition) is 1. The number of nitrogens with zero attached hydrogens (tertiary/aromatic N) is 4. The molecule has 0 radical (unpaired) electrons. The number of aromatic hydroxyl groups is 1. The van der Waals surface area contributed by atoms with Crippen molar-refractivity contribution < 1.29 is 14.6 Å².